The van der Waals surface area contributed by atoms with Gasteiger partial charge >= 0.3 is 24.3 Å². The number of amidine groups is 2. The van der Waals surface area contributed by atoms with E-state index in [0.717, 1.165) is 16.7 Å². The zero-order valence-corrected chi connectivity index (χ0v) is 21.3. The van der Waals surface area contributed by atoms with Crippen LogP contribution >= 0.6 is 0 Å². The van der Waals surface area contributed by atoms with Crippen LogP contribution in [0.5, 0.6) is 0 Å². The van der Waals surface area contributed by atoms with E-state index in [1.807, 2.05) is 41.1 Å². The third kappa shape index (κ3) is 11.4. The van der Waals surface area contributed by atoms with Gasteiger partial charge in [-0.2, -0.15) is 26.3 Å². The molecule has 0 fully saturated rings. The highest BCUT2D eigenvalue weighted by atomic mass is 19.4. The summed E-state index contributed by atoms with van der Waals surface area (Å²) in [5.41, 5.74) is 21.2. The standard InChI is InChI=1S/C21H22N6O.2C2HF3O2/c22-19(23)15-6-4-13(5-7-15)8-17-11-27(12-18(17)21(26)28)10-14-2-1-3-16(9-14)20(24)25;2*3-2(4,5)1(6)7/h1-7,9,11-12H,8,10H2,(H3,22,23)(H3,24,25)(H2,26,28);2*(H,6,7). The van der Waals surface area contributed by atoms with Crippen molar-refractivity contribution in [1.29, 1.82) is 10.8 Å². The lowest BCUT2D eigenvalue weighted by Gasteiger charge is -2.06. The van der Waals surface area contributed by atoms with Crippen LogP contribution in [0.1, 0.15) is 38.2 Å². The van der Waals surface area contributed by atoms with Crippen LogP contribution in [0, 0.1) is 10.8 Å². The van der Waals surface area contributed by atoms with Gasteiger partial charge in [0.05, 0.1) is 5.56 Å². The maximum absolute atomic E-state index is 11.9. The summed E-state index contributed by atoms with van der Waals surface area (Å²) in [6.45, 7) is 0.532. The van der Waals surface area contributed by atoms with Crippen molar-refractivity contribution in [2.45, 2.75) is 25.3 Å². The molecule has 17 heteroatoms. The largest absolute Gasteiger partial charge is 0.490 e. The van der Waals surface area contributed by atoms with E-state index in [9.17, 15) is 31.1 Å². The lowest BCUT2D eigenvalue weighted by molar-refractivity contribution is -0.193. The molecule has 1 amide bonds. The fourth-order valence-electron chi connectivity index (χ4n) is 3.08. The summed E-state index contributed by atoms with van der Waals surface area (Å²) in [7, 11) is 0. The van der Waals surface area contributed by atoms with E-state index < -0.39 is 30.2 Å². The molecule has 42 heavy (non-hydrogen) atoms. The zero-order valence-electron chi connectivity index (χ0n) is 21.3. The number of amides is 1. The Labute approximate surface area is 233 Å². The van der Waals surface area contributed by atoms with Crippen molar-refractivity contribution >= 4 is 29.5 Å². The number of primary amides is 1. The van der Waals surface area contributed by atoms with Gasteiger partial charge in [0, 0.05) is 30.1 Å². The summed E-state index contributed by atoms with van der Waals surface area (Å²) in [6.07, 6.45) is -5.99. The van der Waals surface area contributed by atoms with Crippen LogP contribution in [0.3, 0.4) is 0 Å². The molecule has 1 heterocycles. The van der Waals surface area contributed by atoms with E-state index in [2.05, 4.69) is 0 Å². The van der Waals surface area contributed by atoms with Crippen LogP contribution in [0.25, 0.3) is 0 Å². The minimum atomic E-state index is -5.08. The van der Waals surface area contributed by atoms with Gasteiger partial charge in [0.1, 0.15) is 11.7 Å². The lowest BCUT2D eigenvalue weighted by Crippen LogP contribution is -2.21. The number of carboxylic acids is 2. The van der Waals surface area contributed by atoms with Gasteiger partial charge < -0.3 is 32.0 Å². The van der Waals surface area contributed by atoms with Crippen molar-refractivity contribution in [1.82, 2.24) is 4.57 Å². The molecule has 0 unspecified atom stereocenters. The molecule has 3 aromatic rings. The molecular weight excluding hydrogens is 578 g/mol. The molecule has 226 valence electrons. The minimum absolute atomic E-state index is 0.0156. The number of benzene rings is 2. The average molecular weight is 602 g/mol. The Morgan fingerprint density at radius 3 is 1.62 bits per heavy atom. The quantitative estimate of drug-likeness (QED) is 0.121. The number of halogens is 6. The number of hydrogen-bond acceptors (Lipinski definition) is 5. The molecule has 0 saturated heterocycles. The van der Waals surface area contributed by atoms with Gasteiger partial charge in [-0.05, 0) is 29.2 Å². The Hall–Kier alpha value is -5.35. The van der Waals surface area contributed by atoms with Crippen LogP contribution in [0.2, 0.25) is 0 Å². The molecule has 10 N–H and O–H groups in total. The number of aliphatic carboxylic acids is 2. The predicted molar refractivity (Wildman–Crippen MR) is 137 cm³/mol. The number of carboxylic acid groups (broad SMARTS) is 2. The Morgan fingerprint density at radius 2 is 1.21 bits per heavy atom. The highest BCUT2D eigenvalue weighted by Gasteiger charge is 2.38. The number of hydrogen-bond donors (Lipinski definition) is 7. The fourth-order valence-corrected chi connectivity index (χ4v) is 3.08. The molecule has 2 aromatic carbocycles. The number of nitrogen functional groups attached to an aromatic ring is 2. The smallest absolute Gasteiger partial charge is 0.475 e. The van der Waals surface area contributed by atoms with E-state index in [0.29, 0.717) is 29.7 Å². The summed E-state index contributed by atoms with van der Waals surface area (Å²) in [5.74, 6) is -5.96. The molecule has 0 spiro atoms. The predicted octanol–water partition coefficient (Wildman–Crippen LogP) is 3.06. The average Bonchev–Trinajstić information content (AvgIpc) is 3.26. The number of alkyl halides is 6. The zero-order chi connectivity index (χ0) is 32.4. The molecule has 0 aliphatic heterocycles. The molecule has 11 nitrogen and oxygen atoms in total. The first-order valence-electron chi connectivity index (χ1n) is 11.2. The first-order valence-corrected chi connectivity index (χ1v) is 11.2. The van der Waals surface area contributed by atoms with Gasteiger partial charge in [-0.15, -0.1) is 0 Å². The Kier molecular flexibility index (Phi) is 11.8. The second-order valence-electron chi connectivity index (χ2n) is 8.24. The van der Waals surface area contributed by atoms with Gasteiger partial charge in [-0.3, -0.25) is 15.6 Å². The number of nitrogens with zero attached hydrogens (tertiary/aromatic N) is 1. The summed E-state index contributed by atoms with van der Waals surface area (Å²) < 4.78 is 65.4. The van der Waals surface area contributed by atoms with Crippen molar-refractivity contribution in [2.24, 2.45) is 17.2 Å². The fraction of sp³-hybridized carbons (Fsp3) is 0.160. The van der Waals surface area contributed by atoms with Gasteiger partial charge in [0.15, 0.2) is 0 Å². The number of aromatic nitrogens is 1. The highest BCUT2D eigenvalue weighted by Crippen LogP contribution is 2.18. The summed E-state index contributed by atoms with van der Waals surface area (Å²) in [6, 6.07) is 14.8. The Morgan fingerprint density at radius 1 is 0.738 bits per heavy atom. The highest BCUT2D eigenvalue weighted by molar-refractivity contribution is 5.96. The lowest BCUT2D eigenvalue weighted by atomic mass is 10.0. The normalized spacial score (nSPS) is 10.8. The van der Waals surface area contributed by atoms with E-state index in [1.165, 1.54) is 0 Å². The topological polar surface area (TPSA) is 222 Å². The van der Waals surface area contributed by atoms with Crippen LogP contribution in [0.15, 0.2) is 60.9 Å². The summed E-state index contributed by atoms with van der Waals surface area (Å²) >= 11 is 0. The first kappa shape index (κ1) is 34.7. The number of nitrogens with two attached hydrogens (primary N) is 3. The number of nitrogens with one attached hydrogen (secondary N) is 2. The molecule has 0 saturated carbocycles. The molecule has 0 radical (unpaired) electrons. The van der Waals surface area contributed by atoms with E-state index in [-0.39, 0.29) is 11.7 Å². The third-order valence-electron chi connectivity index (χ3n) is 4.98. The second-order valence-corrected chi connectivity index (χ2v) is 8.24. The molecule has 0 atom stereocenters. The number of carbonyl (C=O) groups is 3. The minimum Gasteiger partial charge on any atom is -0.475 e. The SMILES string of the molecule is N=C(N)c1ccc(Cc2cn(Cc3cccc(C(=N)N)c3)cc2C(N)=O)cc1.O=C(O)C(F)(F)F.O=C(O)C(F)(F)F. The van der Waals surface area contributed by atoms with Gasteiger partial charge in [-0.25, -0.2) is 9.59 Å². The van der Waals surface area contributed by atoms with Crippen molar-refractivity contribution in [3.05, 3.63) is 94.3 Å². The van der Waals surface area contributed by atoms with Gasteiger partial charge in [0.25, 0.3) is 5.91 Å². The third-order valence-corrected chi connectivity index (χ3v) is 4.98. The van der Waals surface area contributed by atoms with Crippen LogP contribution < -0.4 is 17.2 Å². The van der Waals surface area contributed by atoms with E-state index in [1.54, 1.807) is 24.4 Å². The molecule has 0 bridgehead atoms. The molecule has 1 aromatic heterocycles. The van der Waals surface area contributed by atoms with Crippen LogP contribution in [-0.4, -0.2) is 56.6 Å². The molecule has 0 aliphatic carbocycles. The number of rotatable bonds is 7. The van der Waals surface area contributed by atoms with Crippen LogP contribution in [0.4, 0.5) is 26.3 Å². The van der Waals surface area contributed by atoms with Crippen molar-refractivity contribution in [3.8, 4) is 0 Å². The maximum atomic E-state index is 11.9. The van der Waals surface area contributed by atoms with Crippen molar-refractivity contribution in [2.75, 3.05) is 0 Å². The monoisotopic (exact) mass is 602 g/mol. The second kappa shape index (κ2) is 14.3. The van der Waals surface area contributed by atoms with Gasteiger partial charge in [-0.1, -0.05) is 42.5 Å². The van der Waals surface area contributed by atoms with Crippen molar-refractivity contribution in [3.63, 3.8) is 0 Å². The summed E-state index contributed by atoms with van der Waals surface area (Å²) in [5, 5.41) is 29.3. The molecular formula is C25H24F6N6O5. The van der Waals surface area contributed by atoms with Crippen molar-refractivity contribution < 1.29 is 50.9 Å². The van der Waals surface area contributed by atoms with E-state index in [4.69, 9.17) is 47.8 Å². The first-order chi connectivity index (χ1) is 19.2. The van der Waals surface area contributed by atoms with Gasteiger partial charge in [0.2, 0.25) is 0 Å². The maximum Gasteiger partial charge on any atom is 0.490 e. The molecule has 3 rings (SSSR count). The summed E-state index contributed by atoms with van der Waals surface area (Å²) in [4.78, 5) is 29.7. The Bertz CT molecular complexity index is 1430. The van der Waals surface area contributed by atoms with E-state index >= 15 is 0 Å². The van der Waals surface area contributed by atoms with Crippen LogP contribution in [-0.2, 0) is 22.6 Å². The molecule has 0 aliphatic rings. The number of carbonyl (C=O) groups excluding carboxylic acids is 1. The Balaban J connectivity index is 0.000000522.